The monoisotopic (exact) mass is 207 g/mol. The third-order valence-electron chi connectivity index (χ3n) is 5.16. The van der Waals surface area contributed by atoms with Gasteiger partial charge in [0.25, 0.3) is 0 Å². The molecule has 0 radical (unpaired) electrons. The van der Waals surface area contributed by atoms with Gasteiger partial charge in [0.2, 0.25) is 0 Å². The summed E-state index contributed by atoms with van der Waals surface area (Å²) in [7, 11) is 0. The number of nitrogens with zero attached hydrogens (tertiary/aromatic N) is 1. The summed E-state index contributed by atoms with van der Waals surface area (Å²) in [6.45, 7) is 4.18. The fourth-order valence-electron chi connectivity index (χ4n) is 4.00. The minimum Gasteiger partial charge on any atom is -0.303 e. The summed E-state index contributed by atoms with van der Waals surface area (Å²) in [5, 5.41) is 0. The molecular formula is C14H25N. The summed E-state index contributed by atoms with van der Waals surface area (Å²) in [4.78, 5) is 2.70. The Kier molecular flexibility index (Phi) is 2.76. The summed E-state index contributed by atoms with van der Waals surface area (Å²) in [6.07, 6.45) is 13.7. The Balaban J connectivity index is 1.33. The van der Waals surface area contributed by atoms with Crippen LogP contribution in [0.1, 0.15) is 57.8 Å². The molecule has 0 aromatic rings. The molecule has 1 spiro atoms. The minimum absolute atomic E-state index is 0.895. The van der Waals surface area contributed by atoms with Crippen LogP contribution in [0.5, 0.6) is 0 Å². The van der Waals surface area contributed by atoms with Crippen LogP contribution in [-0.2, 0) is 0 Å². The molecule has 1 nitrogen and oxygen atoms in total. The Morgan fingerprint density at radius 3 is 2.27 bits per heavy atom. The first-order chi connectivity index (χ1) is 7.36. The van der Waals surface area contributed by atoms with Gasteiger partial charge in [-0.25, -0.2) is 0 Å². The summed E-state index contributed by atoms with van der Waals surface area (Å²) in [5.74, 6) is 1.10. The van der Waals surface area contributed by atoms with E-state index < -0.39 is 0 Å². The van der Waals surface area contributed by atoms with Crippen molar-refractivity contribution >= 4 is 0 Å². The van der Waals surface area contributed by atoms with E-state index in [1.807, 2.05) is 0 Å². The second-order valence-electron chi connectivity index (χ2n) is 6.32. The molecular weight excluding hydrogens is 182 g/mol. The Morgan fingerprint density at radius 2 is 1.67 bits per heavy atom. The highest BCUT2D eigenvalue weighted by Gasteiger charge is 2.47. The Morgan fingerprint density at radius 1 is 0.933 bits per heavy atom. The van der Waals surface area contributed by atoms with Crippen LogP contribution in [0.2, 0.25) is 0 Å². The summed E-state index contributed by atoms with van der Waals surface area (Å²) < 4.78 is 0. The molecule has 3 aliphatic rings. The van der Waals surface area contributed by atoms with Gasteiger partial charge in [-0.2, -0.15) is 0 Å². The van der Waals surface area contributed by atoms with Crippen molar-refractivity contribution in [3.8, 4) is 0 Å². The van der Waals surface area contributed by atoms with E-state index in [0.717, 1.165) is 11.3 Å². The molecule has 1 saturated heterocycles. The summed E-state index contributed by atoms with van der Waals surface area (Å²) in [5.41, 5.74) is 0.895. The third kappa shape index (κ3) is 2.08. The molecule has 0 unspecified atom stereocenters. The van der Waals surface area contributed by atoms with Crippen molar-refractivity contribution in [1.29, 1.82) is 0 Å². The fourth-order valence-corrected chi connectivity index (χ4v) is 4.00. The zero-order valence-electron chi connectivity index (χ0n) is 10.0. The zero-order valence-corrected chi connectivity index (χ0v) is 10.0. The third-order valence-corrected chi connectivity index (χ3v) is 5.16. The van der Waals surface area contributed by atoms with Gasteiger partial charge in [-0.3, -0.25) is 0 Å². The van der Waals surface area contributed by atoms with E-state index in [4.69, 9.17) is 0 Å². The van der Waals surface area contributed by atoms with Crippen molar-refractivity contribution in [3.63, 3.8) is 0 Å². The van der Waals surface area contributed by atoms with Gasteiger partial charge >= 0.3 is 0 Å². The predicted molar refractivity (Wildman–Crippen MR) is 63.9 cm³/mol. The summed E-state index contributed by atoms with van der Waals surface area (Å²) in [6, 6.07) is 0. The maximum atomic E-state index is 2.70. The average molecular weight is 207 g/mol. The molecule has 1 heterocycles. The molecule has 15 heavy (non-hydrogen) atoms. The first-order valence-electron chi connectivity index (χ1n) is 7.09. The van der Waals surface area contributed by atoms with Crippen molar-refractivity contribution in [2.75, 3.05) is 19.6 Å². The summed E-state index contributed by atoms with van der Waals surface area (Å²) >= 11 is 0. The highest BCUT2D eigenvalue weighted by molar-refractivity contribution is 4.98. The zero-order chi connectivity index (χ0) is 10.1. The number of likely N-dealkylation sites (tertiary alicyclic amines) is 1. The maximum absolute atomic E-state index is 2.70. The lowest BCUT2D eigenvalue weighted by atomic mass is 9.51. The average Bonchev–Trinajstić information content (AvgIpc) is 2.15. The Labute approximate surface area is 94.2 Å². The molecule has 0 aromatic carbocycles. The number of hydrogen-bond acceptors (Lipinski definition) is 1. The van der Waals surface area contributed by atoms with Gasteiger partial charge < -0.3 is 4.90 Å². The fraction of sp³-hybridized carbons (Fsp3) is 1.00. The predicted octanol–water partition coefficient (Wildman–Crippen LogP) is 3.44. The number of rotatable bonds is 3. The standard InChI is InChI=1S/C14H25N/c1-2-8-15(9-3-1)10-5-13-11-14(12-13)6-4-7-14/h13H,1-12H2. The van der Waals surface area contributed by atoms with E-state index in [9.17, 15) is 0 Å². The van der Waals surface area contributed by atoms with Gasteiger partial charge in [0, 0.05) is 0 Å². The van der Waals surface area contributed by atoms with E-state index in [2.05, 4.69) is 4.90 Å². The number of hydrogen-bond donors (Lipinski definition) is 0. The number of piperidine rings is 1. The van der Waals surface area contributed by atoms with Gasteiger partial charge in [-0.1, -0.05) is 12.8 Å². The molecule has 3 fully saturated rings. The first-order valence-corrected chi connectivity index (χ1v) is 7.09. The minimum atomic E-state index is 0.895. The Bertz CT molecular complexity index is 205. The van der Waals surface area contributed by atoms with E-state index in [0.29, 0.717) is 0 Å². The van der Waals surface area contributed by atoms with Crippen LogP contribution < -0.4 is 0 Å². The van der Waals surface area contributed by atoms with Crippen LogP contribution >= 0.6 is 0 Å². The first kappa shape index (κ1) is 10.1. The molecule has 2 aliphatic carbocycles. The normalized spacial score (nSPS) is 31.2. The van der Waals surface area contributed by atoms with E-state index in [1.165, 1.54) is 51.7 Å². The smallest absolute Gasteiger partial charge is 0.00161 e. The second kappa shape index (κ2) is 4.08. The van der Waals surface area contributed by atoms with Crippen molar-refractivity contribution in [1.82, 2.24) is 4.90 Å². The lowest BCUT2D eigenvalue weighted by Gasteiger charge is -2.54. The van der Waals surface area contributed by atoms with E-state index in [1.54, 1.807) is 25.7 Å². The van der Waals surface area contributed by atoms with Gasteiger partial charge in [0.05, 0.1) is 0 Å². The molecule has 86 valence electrons. The van der Waals surface area contributed by atoms with E-state index in [-0.39, 0.29) is 0 Å². The van der Waals surface area contributed by atoms with Crippen molar-refractivity contribution in [2.45, 2.75) is 57.8 Å². The van der Waals surface area contributed by atoms with Crippen LogP contribution in [-0.4, -0.2) is 24.5 Å². The molecule has 2 saturated carbocycles. The van der Waals surface area contributed by atoms with Gasteiger partial charge in [-0.15, -0.1) is 0 Å². The van der Waals surface area contributed by atoms with Gasteiger partial charge in [-0.05, 0) is 75.9 Å². The van der Waals surface area contributed by atoms with Crippen molar-refractivity contribution in [2.24, 2.45) is 11.3 Å². The second-order valence-corrected chi connectivity index (χ2v) is 6.32. The van der Waals surface area contributed by atoms with Crippen molar-refractivity contribution in [3.05, 3.63) is 0 Å². The molecule has 1 heteroatoms. The van der Waals surface area contributed by atoms with E-state index >= 15 is 0 Å². The lowest BCUT2D eigenvalue weighted by molar-refractivity contribution is -0.0312. The Hall–Kier alpha value is -0.0400. The lowest BCUT2D eigenvalue weighted by Crippen LogP contribution is -2.44. The van der Waals surface area contributed by atoms with Gasteiger partial charge in [0.15, 0.2) is 0 Å². The molecule has 1 aliphatic heterocycles. The van der Waals surface area contributed by atoms with Crippen LogP contribution in [0.3, 0.4) is 0 Å². The van der Waals surface area contributed by atoms with Gasteiger partial charge in [0.1, 0.15) is 0 Å². The maximum Gasteiger partial charge on any atom is -0.00161 e. The van der Waals surface area contributed by atoms with Crippen LogP contribution in [0.25, 0.3) is 0 Å². The highest BCUT2D eigenvalue weighted by Crippen LogP contribution is 2.59. The molecule has 0 N–H and O–H groups in total. The van der Waals surface area contributed by atoms with Crippen molar-refractivity contribution < 1.29 is 0 Å². The van der Waals surface area contributed by atoms with Crippen LogP contribution in [0, 0.1) is 11.3 Å². The molecule has 0 amide bonds. The molecule has 0 bridgehead atoms. The molecule has 3 rings (SSSR count). The van der Waals surface area contributed by atoms with Crippen LogP contribution in [0.15, 0.2) is 0 Å². The molecule has 0 aromatic heterocycles. The largest absolute Gasteiger partial charge is 0.303 e. The SMILES string of the molecule is C1CCN(CCC2CC3(CCC3)C2)CC1. The quantitative estimate of drug-likeness (QED) is 0.685. The molecule has 0 atom stereocenters. The highest BCUT2D eigenvalue weighted by atomic mass is 15.1. The topological polar surface area (TPSA) is 3.24 Å². The van der Waals surface area contributed by atoms with Crippen LogP contribution in [0.4, 0.5) is 0 Å².